The zero-order chi connectivity index (χ0) is 11.4. The molecule has 0 saturated heterocycles. The number of hydrogen-bond acceptors (Lipinski definition) is 2. The minimum atomic E-state index is 0.516. The first-order chi connectivity index (χ1) is 7.79. The molecule has 0 bridgehead atoms. The molecule has 0 aliphatic carbocycles. The Morgan fingerprint density at radius 3 is 2.75 bits per heavy atom. The van der Waals surface area contributed by atoms with Gasteiger partial charge in [-0.05, 0) is 34.7 Å². The van der Waals surface area contributed by atoms with Crippen LogP contribution in [0, 0.1) is 14.9 Å². The van der Waals surface area contributed by atoms with Gasteiger partial charge in [0.25, 0.3) is 0 Å². The first-order valence-corrected chi connectivity index (χ1v) is 6.02. The Kier molecular flexibility index (Phi) is 3.57. The molecule has 1 aromatic carbocycles. The van der Waals surface area contributed by atoms with E-state index < -0.39 is 0 Å². The number of nitrogens with zero attached hydrogens (tertiary/aromatic N) is 3. The minimum absolute atomic E-state index is 0.516. The Balaban J connectivity index is 2.18. The molecule has 0 fully saturated rings. The topological polar surface area (TPSA) is 41.6 Å². The van der Waals surface area contributed by atoms with E-state index in [0.717, 1.165) is 11.3 Å². The Morgan fingerprint density at radius 2 is 2.06 bits per heavy atom. The Morgan fingerprint density at radius 1 is 1.31 bits per heavy atom. The maximum Gasteiger partial charge on any atom is 0.0954 e. The molecule has 0 saturated carbocycles. The second kappa shape index (κ2) is 5.12. The number of aryl methyl sites for hydroxylation is 1. The van der Waals surface area contributed by atoms with Crippen molar-refractivity contribution < 1.29 is 0 Å². The van der Waals surface area contributed by atoms with Crippen molar-refractivity contribution >= 4 is 22.6 Å². The van der Waals surface area contributed by atoms with Crippen LogP contribution in [0.5, 0.6) is 0 Å². The van der Waals surface area contributed by atoms with E-state index in [9.17, 15) is 0 Å². The summed E-state index contributed by atoms with van der Waals surface area (Å²) in [4.78, 5) is 4.32. The van der Waals surface area contributed by atoms with Crippen LogP contribution in [-0.4, -0.2) is 9.55 Å². The van der Waals surface area contributed by atoms with Gasteiger partial charge < -0.3 is 4.57 Å². The first-order valence-electron chi connectivity index (χ1n) is 4.94. The zero-order valence-electron chi connectivity index (χ0n) is 8.60. The fraction of sp³-hybridized carbons (Fsp3) is 0.167. The molecule has 80 valence electrons. The van der Waals surface area contributed by atoms with Gasteiger partial charge in [-0.15, -0.1) is 0 Å². The number of hydrogen-bond donors (Lipinski definition) is 0. The third-order valence-corrected chi connectivity index (χ3v) is 2.97. The quantitative estimate of drug-likeness (QED) is 0.815. The number of imidazole rings is 1. The van der Waals surface area contributed by atoms with Gasteiger partial charge >= 0.3 is 0 Å². The highest BCUT2D eigenvalue weighted by Gasteiger charge is 2.01. The lowest BCUT2D eigenvalue weighted by Crippen LogP contribution is -1.91. The summed E-state index contributed by atoms with van der Waals surface area (Å²) in [6.45, 7) is 0.702. The van der Waals surface area contributed by atoms with Crippen LogP contribution in [-0.2, 0) is 6.54 Å². The minimum Gasteiger partial charge on any atom is -0.336 e. The molecule has 0 N–H and O–H groups in total. The molecule has 2 aromatic rings. The van der Waals surface area contributed by atoms with Crippen molar-refractivity contribution in [1.29, 1.82) is 5.26 Å². The normalized spacial score (nSPS) is 10.0. The molecule has 0 aliphatic rings. The molecule has 0 aliphatic heterocycles. The molecule has 0 amide bonds. The van der Waals surface area contributed by atoms with Crippen LogP contribution in [0.15, 0.2) is 36.8 Å². The van der Waals surface area contributed by atoms with Gasteiger partial charge in [-0.25, -0.2) is 4.98 Å². The highest BCUT2D eigenvalue weighted by atomic mass is 127. The molecule has 4 heteroatoms. The van der Waals surface area contributed by atoms with Crippen LogP contribution < -0.4 is 0 Å². The van der Waals surface area contributed by atoms with Gasteiger partial charge in [-0.3, -0.25) is 0 Å². The summed E-state index contributed by atoms with van der Waals surface area (Å²) in [5.41, 5.74) is 2.06. The second-order valence-electron chi connectivity index (χ2n) is 3.41. The summed E-state index contributed by atoms with van der Waals surface area (Å²) < 4.78 is 3.15. The third kappa shape index (κ3) is 2.61. The van der Waals surface area contributed by atoms with E-state index in [1.54, 1.807) is 6.33 Å². The number of halogens is 1. The van der Waals surface area contributed by atoms with E-state index in [2.05, 4.69) is 57.9 Å². The van der Waals surface area contributed by atoms with Crippen molar-refractivity contribution in [1.82, 2.24) is 9.55 Å². The van der Waals surface area contributed by atoms with Crippen molar-refractivity contribution in [3.63, 3.8) is 0 Å². The van der Waals surface area contributed by atoms with Gasteiger partial charge in [-0.2, -0.15) is 5.26 Å². The van der Waals surface area contributed by atoms with Gasteiger partial charge in [0, 0.05) is 21.9 Å². The number of benzene rings is 1. The monoisotopic (exact) mass is 323 g/mol. The van der Waals surface area contributed by atoms with E-state index in [-0.39, 0.29) is 0 Å². The average molecular weight is 323 g/mol. The lowest BCUT2D eigenvalue weighted by molar-refractivity contribution is 0.715. The molecule has 1 aromatic heterocycles. The van der Waals surface area contributed by atoms with Gasteiger partial charge in [-0.1, -0.05) is 12.1 Å². The predicted octanol–water partition coefficient (Wildman–Crippen LogP) is 3.07. The summed E-state index contributed by atoms with van der Waals surface area (Å²) >= 11 is 2.28. The molecule has 0 radical (unpaired) electrons. The van der Waals surface area contributed by atoms with Crippen LogP contribution in [0.25, 0.3) is 11.3 Å². The van der Waals surface area contributed by atoms with Crippen molar-refractivity contribution in [3.8, 4) is 17.3 Å². The Labute approximate surface area is 108 Å². The van der Waals surface area contributed by atoms with Gasteiger partial charge in [0.15, 0.2) is 0 Å². The lowest BCUT2D eigenvalue weighted by atomic mass is 10.2. The summed E-state index contributed by atoms with van der Waals surface area (Å²) in [5.74, 6) is 0. The second-order valence-corrected chi connectivity index (χ2v) is 4.66. The van der Waals surface area contributed by atoms with E-state index >= 15 is 0 Å². The predicted molar refractivity (Wildman–Crippen MR) is 70.6 cm³/mol. The molecule has 0 atom stereocenters. The Bertz CT molecular complexity index is 508. The van der Waals surface area contributed by atoms with Crippen LogP contribution in [0.1, 0.15) is 6.42 Å². The molecule has 16 heavy (non-hydrogen) atoms. The summed E-state index contributed by atoms with van der Waals surface area (Å²) in [6, 6.07) is 10.4. The average Bonchev–Trinajstić information content (AvgIpc) is 2.76. The molecule has 0 unspecified atom stereocenters. The molecule has 2 rings (SSSR count). The molecule has 0 spiro atoms. The summed E-state index contributed by atoms with van der Waals surface area (Å²) in [5, 5.41) is 8.50. The molecular formula is C12H10IN3. The molecule has 1 heterocycles. The van der Waals surface area contributed by atoms with Crippen LogP contribution in [0.3, 0.4) is 0 Å². The van der Waals surface area contributed by atoms with Crippen molar-refractivity contribution in [2.75, 3.05) is 0 Å². The molecule has 3 nitrogen and oxygen atoms in total. The van der Waals surface area contributed by atoms with Gasteiger partial charge in [0.1, 0.15) is 0 Å². The van der Waals surface area contributed by atoms with E-state index in [4.69, 9.17) is 5.26 Å². The van der Waals surface area contributed by atoms with E-state index in [1.807, 2.05) is 10.8 Å². The number of rotatable bonds is 3. The van der Waals surface area contributed by atoms with Crippen LogP contribution in [0.2, 0.25) is 0 Å². The standard InChI is InChI=1S/C12H10IN3/c13-11-4-2-10(3-5-11)12-8-16(9-15-12)7-1-6-14/h2-5,8-9H,1,7H2. The van der Waals surface area contributed by atoms with Gasteiger partial charge in [0.2, 0.25) is 0 Å². The summed E-state index contributed by atoms with van der Waals surface area (Å²) in [6.07, 6.45) is 4.26. The fourth-order valence-corrected chi connectivity index (χ4v) is 1.79. The van der Waals surface area contributed by atoms with Gasteiger partial charge in [0.05, 0.1) is 24.5 Å². The lowest BCUT2D eigenvalue weighted by Gasteiger charge is -1.97. The Hall–Kier alpha value is -1.35. The van der Waals surface area contributed by atoms with Crippen molar-refractivity contribution in [2.24, 2.45) is 0 Å². The number of nitriles is 1. The molecular weight excluding hydrogens is 313 g/mol. The SMILES string of the molecule is N#CCCn1cnc(-c2ccc(I)cc2)c1. The fourth-order valence-electron chi connectivity index (χ4n) is 1.43. The third-order valence-electron chi connectivity index (χ3n) is 2.26. The zero-order valence-corrected chi connectivity index (χ0v) is 10.8. The first kappa shape index (κ1) is 11.1. The van der Waals surface area contributed by atoms with E-state index in [1.165, 1.54) is 3.57 Å². The maximum absolute atomic E-state index is 8.50. The highest BCUT2D eigenvalue weighted by molar-refractivity contribution is 14.1. The number of aromatic nitrogens is 2. The van der Waals surface area contributed by atoms with Crippen molar-refractivity contribution in [3.05, 3.63) is 40.4 Å². The summed E-state index contributed by atoms with van der Waals surface area (Å²) in [7, 11) is 0. The van der Waals surface area contributed by atoms with E-state index in [0.29, 0.717) is 13.0 Å². The van der Waals surface area contributed by atoms with Crippen molar-refractivity contribution in [2.45, 2.75) is 13.0 Å². The smallest absolute Gasteiger partial charge is 0.0954 e. The maximum atomic E-state index is 8.50. The van der Waals surface area contributed by atoms with Crippen LogP contribution >= 0.6 is 22.6 Å². The van der Waals surface area contributed by atoms with Crippen LogP contribution in [0.4, 0.5) is 0 Å². The highest BCUT2D eigenvalue weighted by Crippen LogP contribution is 2.18. The largest absolute Gasteiger partial charge is 0.336 e.